The summed E-state index contributed by atoms with van der Waals surface area (Å²) < 4.78 is 5.89. The average molecular weight is 438 g/mol. The van der Waals surface area contributed by atoms with E-state index in [0.29, 0.717) is 0 Å². The van der Waals surface area contributed by atoms with Crippen LogP contribution >= 0.6 is 11.8 Å². The molecule has 1 unspecified atom stereocenters. The van der Waals surface area contributed by atoms with Crippen molar-refractivity contribution in [1.29, 1.82) is 0 Å². The molecule has 1 saturated heterocycles. The topological polar surface area (TPSA) is 45.1 Å². The first-order valence-corrected chi connectivity index (χ1v) is 12.1. The number of amidine groups is 1. The normalized spacial score (nSPS) is 20.8. The Morgan fingerprint density at radius 2 is 1.74 bits per heavy atom. The van der Waals surface area contributed by atoms with E-state index in [9.17, 15) is 4.79 Å². The summed E-state index contributed by atoms with van der Waals surface area (Å²) in [7, 11) is 2.05. The number of hydrogen-bond donors (Lipinski definition) is 0. The number of aliphatic imine (C=N–C) groups is 1. The number of benzene rings is 2. The summed E-state index contributed by atoms with van der Waals surface area (Å²) in [5, 5.41) is 1.05. The second-order valence-corrected chi connectivity index (χ2v) is 9.32. The SMILES string of the molecule is CC(=O)N(c1ccc(Oc2ccccc2)cc1)C1CSC(=NCC2CCCCC2)N1C. The van der Waals surface area contributed by atoms with Crippen molar-refractivity contribution in [2.24, 2.45) is 10.9 Å². The van der Waals surface area contributed by atoms with Crippen molar-refractivity contribution in [2.75, 3.05) is 24.2 Å². The van der Waals surface area contributed by atoms with E-state index in [2.05, 4.69) is 4.90 Å². The third-order valence-corrected chi connectivity index (χ3v) is 7.19. The van der Waals surface area contributed by atoms with Crippen LogP contribution in [0.15, 0.2) is 59.6 Å². The average Bonchev–Trinajstić information content (AvgIpc) is 3.15. The molecule has 6 heteroatoms. The van der Waals surface area contributed by atoms with Crippen LogP contribution in [0.4, 0.5) is 5.69 Å². The largest absolute Gasteiger partial charge is 0.457 e. The molecule has 2 aromatic rings. The Kier molecular flexibility index (Phi) is 7.17. The standard InChI is InChI=1S/C25H31N3O2S/c1-19(29)28(21-13-15-23(16-14-21)30-22-11-7-4-8-12-22)24-18-31-25(27(24)2)26-17-20-9-5-3-6-10-20/h4,7-8,11-16,20,24H,3,5-6,9-10,17-18H2,1-2H3. The van der Waals surface area contributed by atoms with Gasteiger partial charge in [0, 0.05) is 32.0 Å². The lowest BCUT2D eigenvalue weighted by Gasteiger charge is -2.33. The third kappa shape index (κ3) is 5.42. The van der Waals surface area contributed by atoms with Gasteiger partial charge in [-0.1, -0.05) is 49.2 Å². The molecule has 0 aromatic heterocycles. The molecule has 1 aliphatic carbocycles. The first kappa shape index (κ1) is 21.8. The lowest BCUT2D eigenvalue weighted by Crippen LogP contribution is -2.48. The molecule has 1 aliphatic heterocycles. The number of nitrogens with zero attached hydrogens (tertiary/aromatic N) is 3. The Balaban J connectivity index is 1.44. The van der Waals surface area contributed by atoms with Crippen LogP contribution < -0.4 is 9.64 Å². The van der Waals surface area contributed by atoms with Gasteiger partial charge >= 0.3 is 0 Å². The smallest absolute Gasteiger partial charge is 0.225 e. The fourth-order valence-electron chi connectivity index (χ4n) is 4.34. The second-order valence-electron chi connectivity index (χ2n) is 8.33. The summed E-state index contributed by atoms with van der Waals surface area (Å²) in [6.07, 6.45) is 6.60. The Morgan fingerprint density at radius 1 is 1.06 bits per heavy atom. The van der Waals surface area contributed by atoms with Gasteiger partial charge in [-0.05, 0) is 55.2 Å². The van der Waals surface area contributed by atoms with Gasteiger partial charge in [0.25, 0.3) is 0 Å². The molecule has 4 rings (SSSR count). The quantitative estimate of drug-likeness (QED) is 0.575. The first-order valence-electron chi connectivity index (χ1n) is 11.1. The Labute approximate surface area is 189 Å². The van der Waals surface area contributed by atoms with E-state index in [-0.39, 0.29) is 12.1 Å². The minimum absolute atomic E-state index is 0.0303. The number of anilines is 1. The molecule has 0 radical (unpaired) electrons. The Bertz CT molecular complexity index is 895. The number of para-hydroxylation sites is 1. The van der Waals surface area contributed by atoms with Gasteiger partial charge in [0.15, 0.2) is 5.17 Å². The van der Waals surface area contributed by atoms with E-state index in [1.165, 1.54) is 32.1 Å². The van der Waals surface area contributed by atoms with Crippen LogP contribution in [0.25, 0.3) is 0 Å². The molecule has 1 atom stereocenters. The van der Waals surface area contributed by atoms with E-state index in [0.717, 1.165) is 40.6 Å². The minimum atomic E-state index is -0.0338. The zero-order valence-corrected chi connectivity index (χ0v) is 19.2. The predicted molar refractivity (Wildman–Crippen MR) is 129 cm³/mol. The molecule has 31 heavy (non-hydrogen) atoms. The van der Waals surface area contributed by atoms with Crippen molar-refractivity contribution in [3.63, 3.8) is 0 Å². The molecule has 2 aliphatic rings. The monoisotopic (exact) mass is 437 g/mol. The molecule has 0 bridgehead atoms. The van der Waals surface area contributed by atoms with E-state index < -0.39 is 0 Å². The molecule has 0 N–H and O–H groups in total. The Morgan fingerprint density at radius 3 is 2.42 bits per heavy atom. The van der Waals surface area contributed by atoms with Crippen molar-refractivity contribution >= 4 is 28.5 Å². The maximum atomic E-state index is 12.6. The van der Waals surface area contributed by atoms with Crippen LogP contribution in [-0.4, -0.2) is 41.5 Å². The van der Waals surface area contributed by atoms with E-state index in [4.69, 9.17) is 9.73 Å². The van der Waals surface area contributed by atoms with Gasteiger partial charge in [-0.15, -0.1) is 0 Å². The Hall–Kier alpha value is -2.47. The van der Waals surface area contributed by atoms with E-state index in [1.54, 1.807) is 18.7 Å². The maximum absolute atomic E-state index is 12.6. The number of carbonyl (C=O) groups is 1. The number of amides is 1. The summed E-state index contributed by atoms with van der Waals surface area (Å²) in [5.74, 6) is 3.12. The van der Waals surface area contributed by atoms with Crippen molar-refractivity contribution in [3.8, 4) is 11.5 Å². The summed E-state index contributed by atoms with van der Waals surface area (Å²) in [6.45, 7) is 2.54. The van der Waals surface area contributed by atoms with Crippen LogP contribution in [0, 0.1) is 5.92 Å². The van der Waals surface area contributed by atoms with Gasteiger partial charge in [0.1, 0.15) is 17.7 Å². The number of hydrogen-bond acceptors (Lipinski definition) is 4. The summed E-state index contributed by atoms with van der Waals surface area (Å²) >= 11 is 1.75. The van der Waals surface area contributed by atoms with Gasteiger partial charge in [-0.3, -0.25) is 14.7 Å². The van der Waals surface area contributed by atoms with Gasteiger partial charge in [-0.25, -0.2) is 0 Å². The molecule has 1 amide bonds. The maximum Gasteiger partial charge on any atom is 0.225 e. The lowest BCUT2D eigenvalue weighted by molar-refractivity contribution is -0.117. The number of ether oxygens (including phenoxy) is 1. The van der Waals surface area contributed by atoms with Crippen LogP contribution in [-0.2, 0) is 4.79 Å². The van der Waals surface area contributed by atoms with Gasteiger partial charge < -0.3 is 9.64 Å². The fourth-order valence-corrected chi connectivity index (χ4v) is 5.50. The molecular weight excluding hydrogens is 406 g/mol. The summed E-state index contributed by atoms with van der Waals surface area (Å²) in [4.78, 5) is 21.5. The van der Waals surface area contributed by atoms with Crippen LogP contribution in [0.2, 0.25) is 0 Å². The zero-order chi connectivity index (χ0) is 21.6. The van der Waals surface area contributed by atoms with Crippen LogP contribution in [0.3, 0.4) is 0 Å². The summed E-state index contributed by atoms with van der Waals surface area (Å²) in [6, 6.07) is 17.4. The van der Waals surface area contributed by atoms with Crippen LogP contribution in [0.1, 0.15) is 39.0 Å². The van der Waals surface area contributed by atoms with Crippen molar-refractivity contribution in [1.82, 2.24) is 4.90 Å². The summed E-state index contributed by atoms with van der Waals surface area (Å²) in [5.41, 5.74) is 0.874. The highest BCUT2D eigenvalue weighted by Crippen LogP contribution is 2.32. The first-order chi connectivity index (χ1) is 15.1. The molecule has 1 saturated carbocycles. The molecular formula is C25H31N3O2S. The van der Waals surface area contributed by atoms with Gasteiger partial charge in [-0.2, -0.15) is 0 Å². The van der Waals surface area contributed by atoms with Crippen molar-refractivity contribution in [3.05, 3.63) is 54.6 Å². The van der Waals surface area contributed by atoms with E-state index >= 15 is 0 Å². The van der Waals surface area contributed by atoms with Crippen molar-refractivity contribution in [2.45, 2.75) is 45.2 Å². The molecule has 2 aromatic carbocycles. The van der Waals surface area contributed by atoms with E-state index in [1.807, 2.05) is 66.5 Å². The fraction of sp³-hybridized carbons (Fsp3) is 0.440. The third-order valence-electron chi connectivity index (χ3n) is 6.05. The highest BCUT2D eigenvalue weighted by atomic mass is 32.2. The number of thioether (sulfide) groups is 1. The van der Waals surface area contributed by atoms with Crippen molar-refractivity contribution < 1.29 is 9.53 Å². The van der Waals surface area contributed by atoms with Gasteiger partial charge in [0.2, 0.25) is 5.91 Å². The van der Waals surface area contributed by atoms with Gasteiger partial charge in [0.05, 0.1) is 0 Å². The molecule has 0 spiro atoms. The predicted octanol–water partition coefficient (Wildman–Crippen LogP) is 5.77. The molecule has 164 valence electrons. The molecule has 1 heterocycles. The highest BCUT2D eigenvalue weighted by Gasteiger charge is 2.34. The second kappa shape index (κ2) is 10.2. The lowest BCUT2D eigenvalue weighted by atomic mass is 9.89. The number of carbonyl (C=O) groups excluding carboxylic acids is 1. The highest BCUT2D eigenvalue weighted by molar-refractivity contribution is 8.14. The zero-order valence-electron chi connectivity index (χ0n) is 18.4. The number of rotatable bonds is 6. The van der Waals surface area contributed by atoms with Crippen LogP contribution in [0.5, 0.6) is 11.5 Å². The molecule has 2 fully saturated rings. The molecule has 5 nitrogen and oxygen atoms in total. The minimum Gasteiger partial charge on any atom is -0.457 e.